The fraction of sp³-hybridized carbons (Fsp3) is 0.333. The fourth-order valence-corrected chi connectivity index (χ4v) is 1.48. The highest BCUT2D eigenvalue weighted by molar-refractivity contribution is 6.43. The summed E-state index contributed by atoms with van der Waals surface area (Å²) in [4.78, 5) is 16.1. The molecule has 0 heterocycles. The first-order chi connectivity index (χ1) is 8.65. The second-order valence-electron chi connectivity index (χ2n) is 3.32. The first-order valence-electron chi connectivity index (χ1n) is 5.11. The lowest BCUT2D eigenvalue weighted by Crippen LogP contribution is -2.21. The van der Waals surface area contributed by atoms with E-state index < -0.39 is 11.8 Å². The molecular formula is C12H14FNO4. The van der Waals surface area contributed by atoms with Crippen molar-refractivity contribution in [2.75, 3.05) is 21.3 Å². The van der Waals surface area contributed by atoms with Crippen LogP contribution in [-0.4, -0.2) is 33.0 Å². The van der Waals surface area contributed by atoms with Crippen molar-refractivity contribution in [1.29, 1.82) is 0 Å². The normalized spacial score (nSPS) is 11.2. The van der Waals surface area contributed by atoms with E-state index in [0.717, 1.165) is 0 Å². The van der Waals surface area contributed by atoms with Crippen LogP contribution in [0.25, 0.3) is 0 Å². The molecule has 0 aliphatic rings. The van der Waals surface area contributed by atoms with Crippen molar-refractivity contribution in [3.8, 4) is 0 Å². The highest BCUT2D eigenvalue weighted by Crippen LogP contribution is 2.17. The third kappa shape index (κ3) is 3.04. The third-order valence-corrected chi connectivity index (χ3v) is 2.20. The number of ether oxygens (including phenoxy) is 2. The Labute approximate surface area is 104 Å². The number of esters is 1. The van der Waals surface area contributed by atoms with Crippen molar-refractivity contribution in [3.63, 3.8) is 0 Å². The molecular weight excluding hydrogens is 241 g/mol. The number of halogens is 1. The van der Waals surface area contributed by atoms with Crippen LogP contribution in [0.4, 0.5) is 4.39 Å². The number of carbonyl (C=O) groups is 1. The SMILES string of the molecule is COCc1cccc(F)c1/C(=N\OC)C(=O)OC. The molecule has 18 heavy (non-hydrogen) atoms. The third-order valence-electron chi connectivity index (χ3n) is 2.20. The van der Waals surface area contributed by atoms with Crippen LogP contribution < -0.4 is 0 Å². The van der Waals surface area contributed by atoms with Crippen molar-refractivity contribution >= 4 is 11.7 Å². The van der Waals surface area contributed by atoms with Crippen LogP contribution in [0.2, 0.25) is 0 Å². The fourth-order valence-electron chi connectivity index (χ4n) is 1.48. The van der Waals surface area contributed by atoms with Gasteiger partial charge in [0.1, 0.15) is 12.9 Å². The van der Waals surface area contributed by atoms with Gasteiger partial charge in [0, 0.05) is 7.11 Å². The van der Waals surface area contributed by atoms with E-state index in [9.17, 15) is 9.18 Å². The van der Waals surface area contributed by atoms with Crippen LogP contribution in [0.5, 0.6) is 0 Å². The van der Waals surface area contributed by atoms with E-state index in [1.54, 1.807) is 6.07 Å². The van der Waals surface area contributed by atoms with Gasteiger partial charge in [0.25, 0.3) is 0 Å². The topological polar surface area (TPSA) is 57.1 Å². The molecule has 0 fully saturated rings. The minimum absolute atomic E-state index is 0.0213. The number of hydrogen-bond donors (Lipinski definition) is 0. The number of rotatable bonds is 5. The molecule has 6 heteroatoms. The highest BCUT2D eigenvalue weighted by Gasteiger charge is 2.22. The maximum Gasteiger partial charge on any atom is 0.360 e. The van der Waals surface area contributed by atoms with Crippen molar-refractivity contribution in [2.24, 2.45) is 5.16 Å². The van der Waals surface area contributed by atoms with Crippen LogP contribution in [-0.2, 0) is 25.7 Å². The van der Waals surface area contributed by atoms with Crippen LogP contribution in [0.3, 0.4) is 0 Å². The highest BCUT2D eigenvalue weighted by atomic mass is 19.1. The zero-order valence-corrected chi connectivity index (χ0v) is 10.4. The Morgan fingerprint density at radius 3 is 2.61 bits per heavy atom. The molecule has 1 rings (SSSR count). The number of methoxy groups -OCH3 is 2. The largest absolute Gasteiger partial charge is 0.464 e. The smallest absolute Gasteiger partial charge is 0.360 e. The molecule has 1 aromatic rings. The molecule has 1 aromatic carbocycles. The van der Waals surface area contributed by atoms with Gasteiger partial charge in [0.05, 0.1) is 19.3 Å². The Kier molecular flexibility index (Phi) is 5.26. The molecule has 0 aliphatic heterocycles. The molecule has 0 saturated heterocycles. The Morgan fingerprint density at radius 2 is 2.06 bits per heavy atom. The summed E-state index contributed by atoms with van der Waals surface area (Å²) in [6, 6.07) is 4.38. The Hall–Kier alpha value is -1.95. The van der Waals surface area contributed by atoms with Gasteiger partial charge in [-0.15, -0.1) is 0 Å². The molecule has 0 amide bonds. The minimum atomic E-state index is -0.778. The zero-order valence-electron chi connectivity index (χ0n) is 10.4. The van der Waals surface area contributed by atoms with Gasteiger partial charge in [-0.05, 0) is 11.6 Å². The van der Waals surface area contributed by atoms with Crippen molar-refractivity contribution in [2.45, 2.75) is 6.61 Å². The lowest BCUT2D eigenvalue weighted by Gasteiger charge is -2.10. The second-order valence-corrected chi connectivity index (χ2v) is 3.32. The van der Waals surface area contributed by atoms with E-state index in [2.05, 4.69) is 14.7 Å². The van der Waals surface area contributed by atoms with E-state index in [0.29, 0.717) is 5.56 Å². The lowest BCUT2D eigenvalue weighted by molar-refractivity contribution is -0.132. The van der Waals surface area contributed by atoms with Gasteiger partial charge < -0.3 is 14.3 Å². The van der Waals surface area contributed by atoms with E-state index in [1.807, 2.05) is 0 Å². The first-order valence-corrected chi connectivity index (χ1v) is 5.11. The van der Waals surface area contributed by atoms with E-state index in [-0.39, 0.29) is 17.9 Å². The summed E-state index contributed by atoms with van der Waals surface area (Å²) in [5, 5.41) is 3.52. The van der Waals surface area contributed by atoms with E-state index >= 15 is 0 Å². The molecule has 98 valence electrons. The summed E-state index contributed by atoms with van der Waals surface area (Å²) in [6.45, 7) is 0.146. The van der Waals surface area contributed by atoms with Gasteiger partial charge in [-0.3, -0.25) is 0 Å². The van der Waals surface area contributed by atoms with Crippen LogP contribution in [0, 0.1) is 5.82 Å². The summed E-state index contributed by atoms with van der Waals surface area (Å²) in [5.74, 6) is -1.37. The molecule has 0 N–H and O–H groups in total. The Bertz CT molecular complexity index is 459. The van der Waals surface area contributed by atoms with Gasteiger partial charge in [-0.1, -0.05) is 17.3 Å². The predicted molar refractivity (Wildman–Crippen MR) is 62.7 cm³/mol. The molecule has 0 bridgehead atoms. The van der Waals surface area contributed by atoms with Gasteiger partial charge in [0.15, 0.2) is 5.71 Å². The van der Waals surface area contributed by atoms with Gasteiger partial charge in [-0.25, -0.2) is 9.18 Å². The maximum absolute atomic E-state index is 13.8. The Morgan fingerprint density at radius 1 is 1.33 bits per heavy atom. The first kappa shape index (κ1) is 14.1. The number of benzene rings is 1. The van der Waals surface area contributed by atoms with Gasteiger partial charge in [-0.2, -0.15) is 0 Å². The average Bonchev–Trinajstić information content (AvgIpc) is 2.37. The average molecular weight is 255 g/mol. The summed E-state index contributed by atoms with van der Waals surface area (Å²) in [5.41, 5.74) is 0.275. The van der Waals surface area contributed by atoms with Crippen LogP contribution >= 0.6 is 0 Å². The quantitative estimate of drug-likeness (QED) is 0.454. The molecule has 0 unspecified atom stereocenters. The molecule has 5 nitrogen and oxygen atoms in total. The van der Waals surface area contributed by atoms with Gasteiger partial charge >= 0.3 is 5.97 Å². The van der Waals surface area contributed by atoms with Crippen molar-refractivity contribution in [3.05, 3.63) is 35.1 Å². The molecule has 0 spiro atoms. The number of hydrogen-bond acceptors (Lipinski definition) is 5. The molecule has 0 aromatic heterocycles. The maximum atomic E-state index is 13.8. The standard InChI is InChI=1S/C12H14FNO4/c1-16-7-8-5-4-6-9(13)10(8)11(14-18-3)12(15)17-2/h4-6H,7H2,1-3H3/b14-11+. The van der Waals surface area contributed by atoms with E-state index in [4.69, 9.17) is 4.74 Å². The zero-order chi connectivity index (χ0) is 13.5. The van der Waals surface area contributed by atoms with Gasteiger partial charge in [0.2, 0.25) is 0 Å². The number of carbonyl (C=O) groups excluding carboxylic acids is 1. The molecule has 0 radical (unpaired) electrons. The summed E-state index contributed by atoms with van der Waals surface area (Å²) in [6.07, 6.45) is 0. The summed E-state index contributed by atoms with van der Waals surface area (Å²) < 4.78 is 23.3. The summed E-state index contributed by atoms with van der Waals surface area (Å²) in [7, 11) is 3.92. The number of oxime groups is 1. The molecule has 0 atom stereocenters. The molecule has 0 saturated carbocycles. The molecule has 0 aliphatic carbocycles. The lowest BCUT2D eigenvalue weighted by atomic mass is 10.0. The predicted octanol–water partition coefficient (Wildman–Crippen LogP) is 1.50. The van der Waals surface area contributed by atoms with E-state index in [1.165, 1.54) is 33.5 Å². The van der Waals surface area contributed by atoms with Crippen molar-refractivity contribution in [1.82, 2.24) is 0 Å². The number of nitrogens with zero attached hydrogens (tertiary/aromatic N) is 1. The summed E-state index contributed by atoms with van der Waals surface area (Å²) >= 11 is 0. The Balaban J connectivity index is 3.35. The van der Waals surface area contributed by atoms with Crippen molar-refractivity contribution < 1.29 is 23.5 Å². The van der Waals surface area contributed by atoms with Crippen LogP contribution in [0.1, 0.15) is 11.1 Å². The monoisotopic (exact) mass is 255 g/mol. The second kappa shape index (κ2) is 6.70. The minimum Gasteiger partial charge on any atom is -0.464 e. The van der Waals surface area contributed by atoms with Crippen LogP contribution in [0.15, 0.2) is 23.4 Å².